The summed E-state index contributed by atoms with van der Waals surface area (Å²) in [6.45, 7) is 4.58. The number of nitrogens with one attached hydrogen (secondary N) is 2. The summed E-state index contributed by atoms with van der Waals surface area (Å²) < 4.78 is 6.77. The van der Waals surface area contributed by atoms with Gasteiger partial charge >= 0.3 is 5.97 Å². The minimum atomic E-state index is -0.403. The summed E-state index contributed by atoms with van der Waals surface area (Å²) in [6, 6.07) is 3.44. The van der Waals surface area contributed by atoms with Crippen LogP contribution in [0.3, 0.4) is 0 Å². The van der Waals surface area contributed by atoms with E-state index in [2.05, 4.69) is 25.7 Å². The van der Waals surface area contributed by atoms with Crippen molar-refractivity contribution in [1.29, 1.82) is 0 Å². The van der Waals surface area contributed by atoms with Gasteiger partial charge < -0.3 is 15.4 Å². The number of amides is 1. The maximum Gasteiger partial charge on any atom is 0.308 e. The van der Waals surface area contributed by atoms with Crippen LogP contribution in [0.1, 0.15) is 19.4 Å². The molecule has 0 saturated carbocycles. The van der Waals surface area contributed by atoms with Crippen LogP contribution in [-0.4, -0.2) is 31.5 Å². The summed E-state index contributed by atoms with van der Waals surface area (Å²) in [4.78, 5) is 30.6. The summed E-state index contributed by atoms with van der Waals surface area (Å²) in [7, 11) is 0. The molecule has 1 amide bonds. The van der Waals surface area contributed by atoms with Gasteiger partial charge in [-0.3, -0.25) is 9.59 Å². The number of rotatable bonds is 4. The lowest BCUT2D eigenvalue weighted by atomic mass is 10.3. The molecule has 0 saturated heterocycles. The number of aromatic nitrogens is 4. The van der Waals surface area contributed by atoms with Gasteiger partial charge in [-0.1, -0.05) is 0 Å². The molecule has 2 N–H and O–H groups in total. The van der Waals surface area contributed by atoms with Crippen molar-refractivity contribution >= 4 is 34.7 Å². The highest BCUT2D eigenvalue weighted by molar-refractivity contribution is 5.87. The lowest BCUT2D eigenvalue weighted by Gasteiger charge is -2.08. The van der Waals surface area contributed by atoms with Crippen LogP contribution >= 0.6 is 0 Å². The molecule has 0 spiro atoms. The van der Waals surface area contributed by atoms with E-state index >= 15 is 0 Å². The number of ether oxygens (including phenoxy) is 1. The molecule has 0 fully saturated rings. The first kappa shape index (κ1) is 16.4. The lowest BCUT2D eigenvalue weighted by molar-refractivity contribution is -0.131. The second-order valence-electron chi connectivity index (χ2n) is 5.35. The molecule has 9 heteroatoms. The fourth-order valence-electron chi connectivity index (χ4n) is 2.35. The molecule has 0 aliphatic carbocycles. The van der Waals surface area contributed by atoms with Crippen molar-refractivity contribution in [2.75, 3.05) is 10.6 Å². The van der Waals surface area contributed by atoms with Crippen molar-refractivity contribution < 1.29 is 14.3 Å². The van der Waals surface area contributed by atoms with Crippen LogP contribution in [0.4, 0.5) is 17.3 Å². The van der Waals surface area contributed by atoms with Crippen LogP contribution in [0.2, 0.25) is 0 Å². The fraction of sp³-hybridized carbons (Fsp3) is 0.188. The summed E-state index contributed by atoms with van der Waals surface area (Å²) in [6.07, 6.45) is 4.59. The highest BCUT2D eigenvalue weighted by Gasteiger charge is 2.15. The smallest absolute Gasteiger partial charge is 0.308 e. The molecule has 0 aliphatic heterocycles. The van der Waals surface area contributed by atoms with Crippen molar-refractivity contribution in [3.8, 4) is 5.75 Å². The third kappa shape index (κ3) is 3.55. The van der Waals surface area contributed by atoms with E-state index in [0.717, 1.165) is 5.56 Å². The Kier molecular flexibility index (Phi) is 4.29. The predicted octanol–water partition coefficient (Wildman–Crippen LogP) is 2.06. The topological polar surface area (TPSA) is 111 Å². The van der Waals surface area contributed by atoms with Crippen LogP contribution in [0.5, 0.6) is 5.75 Å². The molecule has 3 aromatic heterocycles. The zero-order valence-electron chi connectivity index (χ0n) is 13.9. The molecule has 3 rings (SSSR count). The number of fused-ring (bicyclic) bond motifs is 1. The Balaban J connectivity index is 1.92. The van der Waals surface area contributed by atoms with E-state index in [-0.39, 0.29) is 5.91 Å². The standard InChI is InChI=1S/C16H16N6O3/c1-9-13(25-11(3)24)7-22-15(9)16(18-8-19-22)21-12-4-5-14(17-6-12)20-10(2)23/h4-8H,1-3H3,(H,17,20,23)(H,18,19,21). The van der Waals surface area contributed by atoms with Crippen LogP contribution in [0.25, 0.3) is 5.52 Å². The molecular weight excluding hydrogens is 324 g/mol. The van der Waals surface area contributed by atoms with Crippen LogP contribution in [-0.2, 0) is 9.59 Å². The molecule has 0 aromatic carbocycles. The third-order valence-corrected chi connectivity index (χ3v) is 3.36. The molecule has 0 radical (unpaired) electrons. The minimum absolute atomic E-state index is 0.187. The van der Waals surface area contributed by atoms with Crippen LogP contribution in [0, 0.1) is 6.92 Å². The SMILES string of the molecule is CC(=O)Nc1ccc(Nc2ncnn3cc(OC(C)=O)c(C)c23)cn1. The number of aryl methyl sites for hydroxylation is 1. The van der Waals surface area contributed by atoms with Gasteiger partial charge in [0.05, 0.1) is 18.1 Å². The monoisotopic (exact) mass is 340 g/mol. The van der Waals surface area contributed by atoms with E-state index in [1.54, 1.807) is 29.0 Å². The summed E-state index contributed by atoms with van der Waals surface area (Å²) in [5.41, 5.74) is 2.11. The molecule has 0 atom stereocenters. The Bertz CT molecular complexity index is 948. The average Bonchev–Trinajstić information content (AvgIpc) is 2.85. The first-order valence-corrected chi connectivity index (χ1v) is 7.46. The minimum Gasteiger partial charge on any atom is -0.425 e. The van der Waals surface area contributed by atoms with Gasteiger partial charge in [-0.15, -0.1) is 0 Å². The van der Waals surface area contributed by atoms with Crippen molar-refractivity contribution in [3.63, 3.8) is 0 Å². The van der Waals surface area contributed by atoms with Gasteiger partial charge in [0.2, 0.25) is 5.91 Å². The molecule has 0 unspecified atom stereocenters. The van der Waals surface area contributed by atoms with E-state index in [4.69, 9.17) is 4.74 Å². The number of nitrogens with zero attached hydrogens (tertiary/aromatic N) is 4. The number of carbonyl (C=O) groups excluding carboxylic acids is 2. The molecule has 0 aliphatic rings. The second-order valence-corrected chi connectivity index (χ2v) is 5.35. The molecule has 128 valence electrons. The quantitative estimate of drug-likeness (QED) is 0.699. The molecule has 25 heavy (non-hydrogen) atoms. The van der Waals surface area contributed by atoms with Crippen LogP contribution in [0.15, 0.2) is 30.9 Å². The first-order valence-electron chi connectivity index (χ1n) is 7.46. The third-order valence-electron chi connectivity index (χ3n) is 3.36. The van der Waals surface area contributed by atoms with E-state index in [0.29, 0.717) is 28.6 Å². The van der Waals surface area contributed by atoms with Gasteiger partial charge in [-0.25, -0.2) is 14.5 Å². The normalized spacial score (nSPS) is 10.5. The maximum atomic E-state index is 11.2. The molecule has 3 heterocycles. The van der Waals surface area contributed by atoms with Crippen molar-refractivity contribution in [2.24, 2.45) is 0 Å². The highest BCUT2D eigenvalue weighted by Crippen LogP contribution is 2.29. The Morgan fingerprint density at radius 3 is 2.64 bits per heavy atom. The molecule has 9 nitrogen and oxygen atoms in total. The van der Waals surface area contributed by atoms with Crippen LogP contribution < -0.4 is 15.4 Å². The van der Waals surface area contributed by atoms with Gasteiger partial charge in [-0.05, 0) is 19.1 Å². The predicted molar refractivity (Wildman–Crippen MR) is 90.9 cm³/mol. The molecule has 0 bridgehead atoms. The van der Waals surface area contributed by atoms with Crippen molar-refractivity contribution in [2.45, 2.75) is 20.8 Å². The molecule has 3 aromatic rings. The van der Waals surface area contributed by atoms with Gasteiger partial charge in [0.25, 0.3) is 0 Å². The Morgan fingerprint density at radius 2 is 2.00 bits per heavy atom. The van der Waals surface area contributed by atoms with Crippen molar-refractivity contribution in [3.05, 3.63) is 36.4 Å². The number of esters is 1. The maximum absolute atomic E-state index is 11.2. The summed E-state index contributed by atoms with van der Waals surface area (Å²) in [5.74, 6) is 0.837. The summed E-state index contributed by atoms with van der Waals surface area (Å²) in [5, 5.41) is 9.88. The average molecular weight is 340 g/mol. The van der Waals surface area contributed by atoms with Gasteiger partial charge in [0, 0.05) is 19.4 Å². The Hall–Kier alpha value is -3.49. The number of pyridine rings is 1. The largest absolute Gasteiger partial charge is 0.425 e. The lowest BCUT2D eigenvalue weighted by Crippen LogP contribution is -2.07. The van der Waals surface area contributed by atoms with Gasteiger partial charge in [-0.2, -0.15) is 5.10 Å². The van der Waals surface area contributed by atoms with E-state index in [9.17, 15) is 9.59 Å². The molecular formula is C16H16N6O3. The zero-order valence-corrected chi connectivity index (χ0v) is 13.9. The summed E-state index contributed by atoms with van der Waals surface area (Å²) >= 11 is 0. The van der Waals surface area contributed by atoms with Crippen molar-refractivity contribution in [1.82, 2.24) is 19.6 Å². The number of hydrogen-bond donors (Lipinski definition) is 2. The Morgan fingerprint density at radius 1 is 1.20 bits per heavy atom. The fourth-order valence-corrected chi connectivity index (χ4v) is 2.35. The van der Waals surface area contributed by atoms with E-state index < -0.39 is 5.97 Å². The van der Waals surface area contributed by atoms with Gasteiger partial charge in [0.15, 0.2) is 11.6 Å². The highest BCUT2D eigenvalue weighted by atomic mass is 16.5. The van der Waals surface area contributed by atoms with Gasteiger partial charge in [0.1, 0.15) is 17.7 Å². The zero-order chi connectivity index (χ0) is 18.0. The number of carbonyl (C=O) groups is 2. The number of anilines is 3. The second kappa shape index (κ2) is 6.56. The Labute approximate surface area is 143 Å². The van der Waals surface area contributed by atoms with E-state index in [1.807, 2.05) is 6.92 Å². The van der Waals surface area contributed by atoms with E-state index in [1.165, 1.54) is 20.2 Å². The number of hydrogen-bond acceptors (Lipinski definition) is 7. The first-order chi connectivity index (χ1) is 11.9.